The van der Waals surface area contributed by atoms with Crippen LogP contribution in [0.5, 0.6) is 0 Å². The Hall–Kier alpha value is -3.19. The lowest BCUT2D eigenvalue weighted by molar-refractivity contribution is -0.387. The number of nitro groups is 1. The highest BCUT2D eigenvalue weighted by Crippen LogP contribution is 2.29. The van der Waals surface area contributed by atoms with Crippen LogP contribution in [0, 0.1) is 27.3 Å². The molecule has 0 aliphatic carbocycles. The third-order valence-electron chi connectivity index (χ3n) is 4.77. The number of nitrogens with zero attached hydrogens (tertiary/aromatic N) is 3. The molecule has 8 nitrogen and oxygen atoms in total. The minimum Gasteiger partial charge on any atom is -0.380 e. The van der Waals surface area contributed by atoms with E-state index >= 15 is 0 Å². The van der Waals surface area contributed by atoms with Gasteiger partial charge in [0.2, 0.25) is 0 Å². The van der Waals surface area contributed by atoms with Crippen LogP contribution in [0.3, 0.4) is 0 Å². The standard InChI is InChI=1S/C19H19FN4O4S/c1-29(27,28)19-10-14(5-7-18(19)24(25)26)22-15-3-2-8-23(12-15)17-6-4-13(11-21)9-16(17)20/h4-7,9-10,15,22H,2-3,8,12H2,1H3. The molecule has 1 saturated heterocycles. The van der Waals surface area contributed by atoms with Crippen LogP contribution >= 0.6 is 0 Å². The summed E-state index contributed by atoms with van der Waals surface area (Å²) in [7, 11) is -3.78. The van der Waals surface area contributed by atoms with E-state index in [0.29, 0.717) is 24.5 Å². The van der Waals surface area contributed by atoms with E-state index in [0.717, 1.165) is 19.1 Å². The first kappa shape index (κ1) is 20.5. The number of benzene rings is 2. The first-order valence-electron chi connectivity index (χ1n) is 8.88. The third-order valence-corrected chi connectivity index (χ3v) is 5.89. The predicted octanol–water partition coefficient (Wildman–Crippen LogP) is 3.09. The molecular formula is C19H19FN4O4S. The normalized spacial score (nSPS) is 16.9. The van der Waals surface area contributed by atoms with E-state index < -0.39 is 26.3 Å². The molecule has 3 rings (SSSR count). The number of hydrogen-bond acceptors (Lipinski definition) is 7. The van der Waals surface area contributed by atoms with Gasteiger partial charge in [-0.3, -0.25) is 10.1 Å². The molecule has 10 heteroatoms. The topological polar surface area (TPSA) is 116 Å². The molecule has 0 spiro atoms. The Labute approximate surface area is 167 Å². The maximum atomic E-state index is 14.3. The van der Waals surface area contributed by atoms with Crippen molar-refractivity contribution >= 4 is 26.9 Å². The van der Waals surface area contributed by atoms with Gasteiger partial charge in [0.05, 0.1) is 22.2 Å². The molecule has 0 amide bonds. The Morgan fingerprint density at radius 2 is 2.07 bits per heavy atom. The number of nitrogens with one attached hydrogen (secondary N) is 1. The molecular weight excluding hydrogens is 399 g/mol. The molecule has 1 unspecified atom stereocenters. The lowest BCUT2D eigenvalue weighted by Gasteiger charge is -2.35. The van der Waals surface area contributed by atoms with Crippen LogP contribution in [-0.4, -0.2) is 38.7 Å². The van der Waals surface area contributed by atoms with Gasteiger partial charge < -0.3 is 10.2 Å². The summed E-state index contributed by atoms with van der Waals surface area (Å²) < 4.78 is 38.2. The number of piperidine rings is 1. The minimum absolute atomic E-state index is 0.104. The molecule has 0 radical (unpaired) electrons. The molecule has 1 atom stereocenters. The summed E-state index contributed by atoms with van der Waals surface area (Å²) in [4.78, 5) is 11.9. The molecule has 2 aromatic rings. The van der Waals surface area contributed by atoms with Gasteiger partial charge in [-0.1, -0.05) is 0 Å². The molecule has 0 aromatic heterocycles. The largest absolute Gasteiger partial charge is 0.380 e. The highest BCUT2D eigenvalue weighted by atomic mass is 32.2. The van der Waals surface area contributed by atoms with Crippen molar-refractivity contribution in [3.05, 3.63) is 57.9 Å². The summed E-state index contributed by atoms with van der Waals surface area (Å²) in [5.41, 5.74) is 0.624. The van der Waals surface area contributed by atoms with E-state index in [9.17, 15) is 22.9 Å². The van der Waals surface area contributed by atoms with Crippen molar-refractivity contribution in [3.63, 3.8) is 0 Å². The number of nitriles is 1. The van der Waals surface area contributed by atoms with Crippen molar-refractivity contribution in [1.29, 1.82) is 5.26 Å². The van der Waals surface area contributed by atoms with Gasteiger partial charge in [0.15, 0.2) is 9.84 Å². The van der Waals surface area contributed by atoms with E-state index in [1.807, 2.05) is 11.0 Å². The smallest absolute Gasteiger partial charge is 0.288 e. The zero-order chi connectivity index (χ0) is 21.2. The van der Waals surface area contributed by atoms with Crippen LogP contribution in [0.1, 0.15) is 18.4 Å². The lowest BCUT2D eigenvalue weighted by Crippen LogP contribution is -2.42. The van der Waals surface area contributed by atoms with Crippen molar-refractivity contribution in [1.82, 2.24) is 0 Å². The van der Waals surface area contributed by atoms with Crippen LogP contribution in [0.15, 0.2) is 41.3 Å². The highest BCUT2D eigenvalue weighted by molar-refractivity contribution is 7.90. The Kier molecular flexibility index (Phi) is 5.70. The van der Waals surface area contributed by atoms with Gasteiger partial charge in [0.25, 0.3) is 5.69 Å². The van der Waals surface area contributed by atoms with Crippen LogP contribution in [-0.2, 0) is 9.84 Å². The summed E-state index contributed by atoms with van der Waals surface area (Å²) >= 11 is 0. The summed E-state index contributed by atoms with van der Waals surface area (Å²) in [6.45, 7) is 1.11. The molecule has 0 bridgehead atoms. The fraction of sp³-hybridized carbons (Fsp3) is 0.316. The minimum atomic E-state index is -3.78. The second kappa shape index (κ2) is 8.05. The van der Waals surface area contributed by atoms with E-state index in [2.05, 4.69) is 5.32 Å². The summed E-state index contributed by atoms with van der Waals surface area (Å²) in [5.74, 6) is -0.473. The maximum Gasteiger partial charge on any atom is 0.288 e. The third kappa shape index (κ3) is 4.63. The van der Waals surface area contributed by atoms with Gasteiger partial charge in [-0.25, -0.2) is 12.8 Å². The van der Waals surface area contributed by atoms with Crippen molar-refractivity contribution in [3.8, 4) is 6.07 Å². The molecule has 0 saturated carbocycles. The molecule has 1 aliphatic heterocycles. The number of nitro benzene ring substituents is 1. The Balaban J connectivity index is 1.81. The first-order valence-corrected chi connectivity index (χ1v) is 10.8. The number of hydrogen-bond donors (Lipinski definition) is 1. The second-order valence-electron chi connectivity index (χ2n) is 6.92. The quantitative estimate of drug-likeness (QED) is 0.586. The van der Waals surface area contributed by atoms with Crippen LogP contribution in [0.4, 0.5) is 21.5 Å². The van der Waals surface area contributed by atoms with E-state index in [-0.39, 0.29) is 16.5 Å². The molecule has 1 fully saturated rings. The summed E-state index contributed by atoms with van der Waals surface area (Å²) in [5, 5.41) is 23.2. The molecule has 1 aliphatic rings. The van der Waals surface area contributed by atoms with E-state index in [1.165, 1.54) is 24.3 Å². The van der Waals surface area contributed by atoms with E-state index in [4.69, 9.17) is 5.26 Å². The van der Waals surface area contributed by atoms with Gasteiger partial charge >= 0.3 is 0 Å². The Morgan fingerprint density at radius 1 is 1.31 bits per heavy atom. The Bertz CT molecular complexity index is 1100. The van der Waals surface area contributed by atoms with Gasteiger partial charge in [0.1, 0.15) is 10.7 Å². The fourth-order valence-corrected chi connectivity index (χ4v) is 4.30. The van der Waals surface area contributed by atoms with Crippen LogP contribution < -0.4 is 10.2 Å². The number of rotatable bonds is 5. The maximum absolute atomic E-state index is 14.3. The van der Waals surface area contributed by atoms with Gasteiger partial charge in [0, 0.05) is 37.1 Å². The molecule has 1 N–H and O–H groups in total. The van der Waals surface area contributed by atoms with Gasteiger partial charge in [-0.2, -0.15) is 5.26 Å². The predicted molar refractivity (Wildman–Crippen MR) is 106 cm³/mol. The highest BCUT2D eigenvalue weighted by Gasteiger charge is 2.25. The number of halogens is 1. The lowest BCUT2D eigenvalue weighted by atomic mass is 10.0. The second-order valence-corrected chi connectivity index (χ2v) is 8.90. The Morgan fingerprint density at radius 3 is 2.69 bits per heavy atom. The first-order chi connectivity index (χ1) is 13.7. The molecule has 152 valence electrons. The summed E-state index contributed by atoms with van der Waals surface area (Å²) in [6, 6.07) is 10.0. The molecule has 1 heterocycles. The SMILES string of the molecule is CS(=O)(=O)c1cc(NC2CCCN(c3ccc(C#N)cc3F)C2)ccc1[N+](=O)[O-]. The molecule has 29 heavy (non-hydrogen) atoms. The van der Waals surface area contributed by atoms with Crippen LogP contribution in [0.25, 0.3) is 0 Å². The number of anilines is 2. The average molecular weight is 418 g/mol. The van der Waals surface area contributed by atoms with Crippen molar-refractivity contribution in [2.75, 3.05) is 29.6 Å². The fourth-order valence-electron chi connectivity index (χ4n) is 3.43. The number of sulfone groups is 1. The monoisotopic (exact) mass is 418 g/mol. The summed E-state index contributed by atoms with van der Waals surface area (Å²) in [6.07, 6.45) is 2.48. The van der Waals surface area contributed by atoms with Crippen molar-refractivity contribution in [2.45, 2.75) is 23.8 Å². The van der Waals surface area contributed by atoms with Crippen LogP contribution in [0.2, 0.25) is 0 Å². The molecule has 2 aromatic carbocycles. The van der Waals surface area contributed by atoms with E-state index in [1.54, 1.807) is 12.1 Å². The van der Waals surface area contributed by atoms with Crippen molar-refractivity contribution in [2.24, 2.45) is 0 Å². The van der Waals surface area contributed by atoms with Crippen molar-refractivity contribution < 1.29 is 17.7 Å². The zero-order valence-electron chi connectivity index (χ0n) is 15.6. The van der Waals surface area contributed by atoms with Gasteiger partial charge in [-0.05, 0) is 43.2 Å². The van der Waals surface area contributed by atoms with Gasteiger partial charge in [-0.15, -0.1) is 0 Å². The zero-order valence-corrected chi connectivity index (χ0v) is 16.4. The average Bonchev–Trinajstić information content (AvgIpc) is 2.67.